The van der Waals surface area contributed by atoms with E-state index in [9.17, 15) is 4.79 Å². The molecule has 7 heteroatoms. The summed E-state index contributed by atoms with van der Waals surface area (Å²) < 4.78 is 10.7. The van der Waals surface area contributed by atoms with Crippen LogP contribution in [0.15, 0.2) is 41.4 Å². The van der Waals surface area contributed by atoms with E-state index in [1.165, 1.54) is 0 Å². The van der Waals surface area contributed by atoms with Gasteiger partial charge < -0.3 is 19.5 Å². The predicted molar refractivity (Wildman–Crippen MR) is 104 cm³/mol. The number of aromatic nitrogens is 1. The van der Waals surface area contributed by atoms with Gasteiger partial charge in [0.1, 0.15) is 17.3 Å². The first-order valence-corrected chi connectivity index (χ1v) is 9.28. The monoisotopic (exact) mass is 376 g/mol. The predicted octanol–water partition coefficient (Wildman–Crippen LogP) is 3.48. The van der Waals surface area contributed by atoms with E-state index in [2.05, 4.69) is 9.88 Å². The van der Waals surface area contributed by atoms with Crippen molar-refractivity contribution in [2.24, 2.45) is 0 Å². The minimum absolute atomic E-state index is 0.365. The Bertz CT molecular complexity index is 725. The number of ether oxygens (including phenoxy) is 2. The third-order valence-corrected chi connectivity index (χ3v) is 4.87. The number of hydrogen-bond donors (Lipinski definition) is 1. The first-order valence-electron chi connectivity index (χ1n) is 8.29. The maximum Gasteiger partial charge on any atom is 0.341 e. The molecule has 0 spiro atoms. The standard InChI is InChI=1S/C19H24N2O4S/c1-14-11-17(16(24-3)12-15(14)25-13-19(22)23)26-10-6-9-21(2)18-7-4-5-8-20-18/h4-5,7-8,11-12H,6,9-10,13H2,1-3H3,(H,22,23). The van der Waals surface area contributed by atoms with Crippen LogP contribution < -0.4 is 14.4 Å². The highest BCUT2D eigenvalue weighted by molar-refractivity contribution is 7.99. The number of methoxy groups -OCH3 is 1. The number of benzene rings is 1. The molecular formula is C19H24N2O4S. The Kier molecular flexibility index (Phi) is 7.59. The van der Waals surface area contributed by atoms with Crippen molar-refractivity contribution in [3.8, 4) is 11.5 Å². The van der Waals surface area contributed by atoms with Gasteiger partial charge in [0.05, 0.1) is 7.11 Å². The summed E-state index contributed by atoms with van der Waals surface area (Å²) >= 11 is 1.71. The molecule has 0 saturated heterocycles. The molecule has 26 heavy (non-hydrogen) atoms. The number of carboxylic acids is 1. The SMILES string of the molecule is COc1cc(OCC(=O)O)c(C)cc1SCCCN(C)c1ccccn1. The molecule has 6 nitrogen and oxygen atoms in total. The second-order valence-corrected chi connectivity index (χ2v) is 6.90. The molecule has 0 atom stereocenters. The second-order valence-electron chi connectivity index (χ2n) is 5.76. The van der Waals surface area contributed by atoms with Gasteiger partial charge in [-0.05, 0) is 42.9 Å². The van der Waals surface area contributed by atoms with Crippen LogP contribution in [0.2, 0.25) is 0 Å². The van der Waals surface area contributed by atoms with Gasteiger partial charge in [0.15, 0.2) is 6.61 Å². The topological polar surface area (TPSA) is 71.9 Å². The average Bonchev–Trinajstić information content (AvgIpc) is 2.64. The van der Waals surface area contributed by atoms with Gasteiger partial charge in [-0.3, -0.25) is 0 Å². The first-order chi connectivity index (χ1) is 12.5. The number of carbonyl (C=O) groups is 1. The molecule has 0 bridgehead atoms. The summed E-state index contributed by atoms with van der Waals surface area (Å²) in [6.07, 6.45) is 2.79. The van der Waals surface area contributed by atoms with Crippen LogP contribution in [0.5, 0.6) is 11.5 Å². The summed E-state index contributed by atoms with van der Waals surface area (Å²) in [5.41, 5.74) is 0.889. The third kappa shape index (κ3) is 5.84. The molecule has 2 aromatic rings. The maximum absolute atomic E-state index is 10.7. The maximum atomic E-state index is 10.7. The van der Waals surface area contributed by atoms with E-state index in [-0.39, 0.29) is 6.61 Å². The number of pyridine rings is 1. The Morgan fingerprint density at radius 3 is 2.77 bits per heavy atom. The molecule has 0 amide bonds. The Morgan fingerprint density at radius 1 is 1.31 bits per heavy atom. The third-order valence-electron chi connectivity index (χ3n) is 3.75. The molecule has 1 heterocycles. The Labute approximate surface area is 158 Å². The van der Waals surface area contributed by atoms with Gasteiger partial charge in [-0.2, -0.15) is 0 Å². The molecule has 1 N–H and O–H groups in total. The van der Waals surface area contributed by atoms with E-state index in [0.717, 1.165) is 35.0 Å². The van der Waals surface area contributed by atoms with Crippen LogP contribution in [-0.4, -0.2) is 49.1 Å². The lowest BCUT2D eigenvalue weighted by Gasteiger charge is -2.18. The van der Waals surface area contributed by atoms with Crippen LogP contribution in [0.25, 0.3) is 0 Å². The van der Waals surface area contributed by atoms with Crippen molar-refractivity contribution in [2.75, 3.05) is 38.0 Å². The lowest BCUT2D eigenvalue weighted by molar-refractivity contribution is -0.139. The van der Waals surface area contributed by atoms with Crippen LogP contribution in [0.3, 0.4) is 0 Å². The number of aliphatic carboxylic acids is 1. The van der Waals surface area contributed by atoms with Crippen molar-refractivity contribution in [3.63, 3.8) is 0 Å². The van der Waals surface area contributed by atoms with E-state index in [1.54, 1.807) is 31.1 Å². The zero-order valence-corrected chi connectivity index (χ0v) is 16.1. The molecule has 0 aliphatic rings. The highest BCUT2D eigenvalue weighted by Crippen LogP contribution is 2.35. The second kappa shape index (κ2) is 9.91. The normalized spacial score (nSPS) is 10.4. The Balaban J connectivity index is 1.90. The number of anilines is 1. The van der Waals surface area contributed by atoms with Crippen LogP contribution >= 0.6 is 11.8 Å². The van der Waals surface area contributed by atoms with Crippen molar-refractivity contribution < 1.29 is 19.4 Å². The number of aryl methyl sites for hydroxylation is 1. The van der Waals surface area contributed by atoms with Gasteiger partial charge in [-0.25, -0.2) is 9.78 Å². The molecule has 0 unspecified atom stereocenters. The van der Waals surface area contributed by atoms with Crippen LogP contribution in [0.4, 0.5) is 5.82 Å². The van der Waals surface area contributed by atoms with Gasteiger partial charge in [0.25, 0.3) is 0 Å². The van der Waals surface area contributed by atoms with E-state index >= 15 is 0 Å². The van der Waals surface area contributed by atoms with Gasteiger partial charge in [0, 0.05) is 30.8 Å². The van der Waals surface area contributed by atoms with Crippen molar-refractivity contribution in [1.29, 1.82) is 0 Å². The van der Waals surface area contributed by atoms with E-state index in [1.807, 2.05) is 38.2 Å². The largest absolute Gasteiger partial charge is 0.495 e. The van der Waals surface area contributed by atoms with Gasteiger partial charge >= 0.3 is 5.97 Å². The molecule has 1 aromatic heterocycles. The van der Waals surface area contributed by atoms with Crippen molar-refractivity contribution >= 4 is 23.5 Å². The zero-order chi connectivity index (χ0) is 18.9. The van der Waals surface area contributed by atoms with Crippen molar-refractivity contribution in [1.82, 2.24) is 4.98 Å². The van der Waals surface area contributed by atoms with E-state index in [0.29, 0.717) is 11.5 Å². The van der Waals surface area contributed by atoms with Gasteiger partial charge in [-0.1, -0.05) is 6.07 Å². The average molecular weight is 376 g/mol. The Hall–Kier alpha value is -2.41. The molecule has 0 radical (unpaired) electrons. The highest BCUT2D eigenvalue weighted by atomic mass is 32.2. The van der Waals surface area contributed by atoms with Crippen LogP contribution in [-0.2, 0) is 4.79 Å². The molecule has 1 aromatic carbocycles. The fourth-order valence-electron chi connectivity index (χ4n) is 2.39. The fraction of sp³-hybridized carbons (Fsp3) is 0.368. The number of thioether (sulfide) groups is 1. The summed E-state index contributed by atoms with van der Waals surface area (Å²) in [6, 6.07) is 9.61. The Morgan fingerprint density at radius 2 is 2.12 bits per heavy atom. The number of hydrogen-bond acceptors (Lipinski definition) is 6. The molecule has 0 aliphatic carbocycles. The minimum atomic E-state index is -1.00. The quantitative estimate of drug-likeness (QED) is 0.503. The summed E-state index contributed by atoms with van der Waals surface area (Å²) in [6.45, 7) is 2.44. The summed E-state index contributed by atoms with van der Waals surface area (Å²) in [4.78, 5) is 18.2. The zero-order valence-electron chi connectivity index (χ0n) is 15.3. The van der Waals surface area contributed by atoms with Crippen molar-refractivity contribution in [2.45, 2.75) is 18.2 Å². The highest BCUT2D eigenvalue weighted by Gasteiger charge is 2.11. The first kappa shape index (κ1) is 19.9. The minimum Gasteiger partial charge on any atom is -0.495 e. The molecular weight excluding hydrogens is 352 g/mol. The van der Waals surface area contributed by atoms with Crippen LogP contribution in [0.1, 0.15) is 12.0 Å². The number of nitrogens with zero attached hydrogens (tertiary/aromatic N) is 2. The van der Waals surface area contributed by atoms with E-state index < -0.39 is 5.97 Å². The summed E-state index contributed by atoms with van der Waals surface area (Å²) in [7, 11) is 3.64. The summed E-state index contributed by atoms with van der Waals surface area (Å²) in [5.74, 6) is 2.12. The molecule has 0 fully saturated rings. The van der Waals surface area contributed by atoms with Gasteiger partial charge in [0.2, 0.25) is 0 Å². The van der Waals surface area contributed by atoms with Crippen LogP contribution in [0, 0.1) is 6.92 Å². The lowest BCUT2D eigenvalue weighted by atomic mass is 10.2. The summed E-state index contributed by atoms with van der Waals surface area (Å²) in [5, 5.41) is 8.75. The smallest absolute Gasteiger partial charge is 0.341 e. The number of rotatable bonds is 10. The van der Waals surface area contributed by atoms with Crippen molar-refractivity contribution in [3.05, 3.63) is 42.1 Å². The molecule has 2 rings (SSSR count). The van der Waals surface area contributed by atoms with E-state index in [4.69, 9.17) is 14.6 Å². The fourth-order valence-corrected chi connectivity index (χ4v) is 3.43. The lowest BCUT2D eigenvalue weighted by Crippen LogP contribution is -2.19. The molecule has 0 aliphatic heterocycles. The molecule has 140 valence electrons. The van der Waals surface area contributed by atoms with Gasteiger partial charge in [-0.15, -0.1) is 11.8 Å². The molecule has 0 saturated carbocycles. The number of carboxylic acid groups (broad SMARTS) is 1.